The van der Waals surface area contributed by atoms with E-state index in [0.29, 0.717) is 5.69 Å². The number of benzene rings is 1. The lowest BCUT2D eigenvalue weighted by atomic mass is 10.2. The molecule has 2 aromatic rings. The second kappa shape index (κ2) is 4.19. The fourth-order valence-electron chi connectivity index (χ4n) is 2.44. The van der Waals surface area contributed by atoms with Crippen molar-refractivity contribution in [3.05, 3.63) is 41.2 Å². The highest BCUT2D eigenvalue weighted by molar-refractivity contribution is 5.47. The molecule has 1 aliphatic rings. The van der Waals surface area contributed by atoms with Gasteiger partial charge in [-0.15, -0.1) is 0 Å². The van der Waals surface area contributed by atoms with Gasteiger partial charge in [-0.05, 0) is 31.4 Å². The number of ether oxygens (including phenoxy) is 1. The van der Waals surface area contributed by atoms with Gasteiger partial charge in [0.2, 0.25) is 0 Å². The van der Waals surface area contributed by atoms with Crippen LogP contribution in [-0.4, -0.2) is 16.9 Å². The average Bonchev–Trinajstić information content (AvgIpc) is 2.98. The molecule has 0 atom stereocenters. The number of nitrogens with zero attached hydrogens (tertiary/aromatic N) is 3. The van der Waals surface area contributed by atoms with E-state index in [1.54, 1.807) is 11.8 Å². The van der Waals surface area contributed by atoms with E-state index in [-0.39, 0.29) is 0 Å². The molecule has 1 aromatic heterocycles. The van der Waals surface area contributed by atoms with E-state index in [1.165, 1.54) is 0 Å². The molecular weight excluding hydrogens is 226 g/mol. The monoisotopic (exact) mass is 239 g/mol. The molecule has 18 heavy (non-hydrogen) atoms. The molecule has 0 spiro atoms. The Balaban J connectivity index is 2.15. The molecule has 0 saturated heterocycles. The maximum atomic E-state index is 9.32. The largest absolute Gasteiger partial charge is 0.497 e. The van der Waals surface area contributed by atoms with Crippen LogP contribution in [0, 0.1) is 11.3 Å². The van der Waals surface area contributed by atoms with Gasteiger partial charge in [-0.2, -0.15) is 10.4 Å². The van der Waals surface area contributed by atoms with Crippen molar-refractivity contribution >= 4 is 0 Å². The van der Waals surface area contributed by atoms with Crippen LogP contribution in [0.1, 0.15) is 23.4 Å². The Morgan fingerprint density at radius 1 is 1.39 bits per heavy atom. The Kier molecular flexibility index (Phi) is 2.52. The molecule has 4 nitrogen and oxygen atoms in total. The van der Waals surface area contributed by atoms with Crippen LogP contribution in [0.15, 0.2) is 24.3 Å². The molecule has 0 unspecified atom stereocenters. The van der Waals surface area contributed by atoms with Gasteiger partial charge in [0.15, 0.2) is 0 Å². The summed E-state index contributed by atoms with van der Waals surface area (Å²) in [5, 5.41) is 13.9. The number of hydrogen-bond donors (Lipinski definition) is 0. The van der Waals surface area contributed by atoms with Crippen molar-refractivity contribution in [3.63, 3.8) is 0 Å². The molecule has 0 amide bonds. The lowest BCUT2D eigenvalue weighted by Gasteiger charge is -2.06. The van der Waals surface area contributed by atoms with Crippen LogP contribution in [0.25, 0.3) is 5.69 Å². The number of nitriles is 1. The molecular formula is C14H13N3O. The van der Waals surface area contributed by atoms with Gasteiger partial charge in [0.25, 0.3) is 0 Å². The van der Waals surface area contributed by atoms with E-state index < -0.39 is 0 Å². The fourth-order valence-corrected chi connectivity index (χ4v) is 2.44. The summed E-state index contributed by atoms with van der Waals surface area (Å²) in [4.78, 5) is 0. The minimum Gasteiger partial charge on any atom is -0.497 e. The van der Waals surface area contributed by atoms with E-state index in [0.717, 1.165) is 42.0 Å². The first-order chi connectivity index (χ1) is 8.83. The first-order valence-electron chi connectivity index (χ1n) is 5.99. The van der Waals surface area contributed by atoms with Crippen LogP contribution in [0.2, 0.25) is 0 Å². The Morgan fingerprint density at radius 3 is 3.06 bits per heavy atom. The molecule has 0 bridgehead atoms. The first kappa shape index (κ1) is 10.8. The summed E-state index contributed by atoms with van der Waals surface area (Å²) >= 11 is 0. The zero-order valence-corrected chi connectivity index (χ0v) is 10.2. The van der Waals surface area contributed by atoms with Crippen molar-refractivity contribution in [3.8, 4) is 17.5 Å². The summed E-state index contributed by atoms with van der Waals surface area (Å²) in [6, 6.07) is 9.89. The van der Waals surface area contributed by atoms with Crippen molar-refractivity contribution in [2.24, 2.45) is 0 Å². The van der Waals surface area contributed by atoms with Crippen molar-refractivity contribution < 1.29 is 4.74 Å². The highest BCUT2D eigenvalue weighted by atomic mass is 16.5. The van der Waals surface area contributed by atoms with Crippen molar-refractivity contribution in [1.29, 1.82) is 5.26 Å². The highest BCUT2D eigenvalue weighted by Gasteiger charge is 2.22. The van der Waals surface area contributed by atoms with Crippen LogP contribution >= 0.6 is 0 Å². The number of aryl methyl sites for hydroxylation is 1. The van der Waals surface area contributed by atoms with Gasteiger partial charge in [0.1, 0.15) is 17.5 Å². The molecule has 0 aliphatic heterocycles. The molecule has 3 rings (SSSR count). The van der Waals surface area contributed by atoms with Crippen molar-refractivity contribution in [2.75, 3.05) is 7.11 Å². The van der Waals surface area contributed by atoms with Crippen LogP contribution < -0.4 is 4.74 Å². The molecule has 1 aliphatic carbocycles. The van der Waals surface area contributed by atoms with Gasteiger partial charge >= 0.3 is 0 Å². The lowest BCUT2D eigenvalue weighted by molar-refractivity contribution is 0.414. The van der Waals surface area contributed by atoms with Crippen molar-refractivity contribution in [1.82, 2.24) is 9.78 Å². The minimum absolute atomic E-state index is 0.663. The second-order valence-electron chi connectivity index (χ2n) is 4.35. The third-order valence-corrected chi connectivity index (χ3v) is 3.31. The predicted molar refractivity (Wildman–Crippen MR) is 66.9 cm³/mol. The topological polar surface area (TPSA) is 50.8 Å². The maximum Gasteiger partial charge on any atom is 0.147 e. The summed E-state index contributed by atoms with van der Waals surface area (Å²) in [6.45, 7) is 0. The number of fused-ring (bicyclic) bond motifs is 1. The van der Waals surface area contributed by atoms with Gasteiger partial charge < -0.3 is 4.74 Å². The molecule has 0 fully saturated rings. The molecule has 0 N–H and O–H groups in total. The van der Waals surface area contributed by atoms with Gasteiger partial charge in [-0.1, -0.05) is 6.07 Å². The van der Waals surface area contributed by atoms with Crippen LogP contribution in [-0.2, 0) is 12.8 Å². The molecule has 90 valence electrons. The summed E-state index contributed by atoms with van der Waals surface area (Å²) in [5.41, 5.74) is 3.71. The van der Waals surface area contributed by atoms with E-state index in [1.807, 2.05) is 24.3 Å². The number of aromatic nitrogens is 2. The van der Waals surface area contributed by atoms with Gasteiger partial charge in [0, 0.05) is 11.6 Å². The molecule has 0 saturated carbocycles. The Morgan fingerprint density at radius 2 is 2.28 bits per heavy atom. The minimum atomic E-state index is 0.663. The van der Waals surface area contributed by atoms with Gasteiger partial charge in [-0.25, -0.2) is 4.68 Å². The summed E-state index contributed by atoms with van der Waals surface area (Å²) < 4.78 is 6.93. The third-order valence-electron chi connectivity index (χ3n) is 3.31. The first-order valence-corrected chi connectivity index (χ1v) is 5.99. The SMILES string of the molecule is COc1cccc(-n2nc3c(c2C#N)CCC3)c1. The summed E-state index contributed by atoms with van der Waals surface area (Å²) in [6.07, 6.45) is 3.04. The van der Waals surface area contributed by atoms with Crippen LogP contribution in [0.5, 0.6) is 5.75 Å². The normalized spacial score (nSPS) is 13.1. The Bertz CT molecular complexity index is 637. The zero-order valence-electron chi connectivity index (χ0n) is 10.2. The van der Waals surface area contributed by atoms with Gasteiger partial charge in [-0.3, -0.25) is 0 Å². The third kappa shape index (κ3) is 1.56. The zero-order chi connectivity index (χ0) is 12.5. The predicted octanol–water partition coefficient (Wildman–Crippen LogP) is 2.24. The van der Waals surface area contributed by atoms with Gasteiger partial charge in [0.05, 0.1) is 18.5 Å². The summed E-state index contributed by atoms with van der Waals surface area (Å²) in [5.74, 6) is 0.770. The maximum absolute atomic E-state index is 9.32. The van der Waals surface area contributed by atoms with E-state index in [2.05, 4.69) is 11.2 Å². The molecule has 1 aromatic carbocycles. The number of hydrogen-bond acceptors (Lipinski definition) is 3. The average molecular weight is 239 g/mol. The fraction of sp³-hybridized carbons (Fsp3) is 0.286. The Labute approximate surface area is 105 Å². The standard InChI is InChI=1S/C14H13N3O/c1-18-11-5-2-4-10(8-11)17-14(9-15)12-6-3-7-13(12)16-17/h2,4-5,8H,3,6-7H2,1H3. The van der Waals surface area contributed by atoms with E-state index in [4.69, 9.17) is 4.74 Å². The number of methoxy groups -OCH3 is 1. The summed E-state index contributed by atoms with van der Waals surface area (Å²) in [7, 11) is 1.63. The molecule has 0 radical (unpaired) electrons. The lowest BCUT2D eigenvalue weighted by Crippen LogP contribution is -2.01. The highest BCUT2D eigenvalue weighted by Crippen LogP contribution is 2.27. The second-order valence-corrected chi connectivity index (χ2v) is 4.35. The van der Waals surface area contributed by atoms with Crippen LogP contribution in [0.4, 0.5) is 0 Å². The molecule has 1 heterocycles. The van der Waals surface area contributed by atoms with E-state index in [9.17, 15) is 5.26 Å². The van der Waals surface area contributed by atoms with Crippen molar-refractivity contribution in [2.45, 2.75) is 19.3 Å². The van der Waals surface area contributed by atoms with E-state index >= 15 is 0 Å². The quantitative estimate of drug-likeness (QED) is 0.807. The smallest absolute Gasteiger partial charge is 0.147 e. The Hall–Kier alpha value is -2.28. The van der Waals surface area contributed by atoms with Crippen LogP contribution in [0.3, 0.4) is 0 Å². The number of rotatable bonds is 2. The molecule has 4 heteroatoms.